The van der Waals surface area contributed by atoms with E-state index >= 15 is 0 Å². The van der Waals surface area contributed by atoms with E-state index < -0.39 is 0 Å². The first-order valence-electron chi connectivity index (χ1n) is 8.46. The molecule has 0 spiro atoms. The SMILES string of the molecule is COc1cc(OC)cc(-c2cccc(-c3nccc4ccccc34)c2)c1. The number of fused-ring (bicyclic) bond motifs is 1. The van der Waals surface area contributed by atoms with Crippen LogP contribution in [0.2, 0.25) is 0 Å². The lowest BCUT2D eigenvalue weighted by molar-refractivity contribution is 0.394. The van der Waals surface area contributed by atoms with E-state index in [4.69, 9.17) is 9.47 Å². The van der Waals surface area contributed by atoms with Gasteiger partial charge in [0, 0.05) is 23.2 Å². The zero-order valence-electron chi connectivity index (χ0n) is 14.8. The van der Waals surface area contributed by atoms with Crippen LogP contribution in [-0.2, 0) is 0 Å². The number of hydrogen-bond donors (Lipinski definition) is 0. The minimum atomic E-state index is 0.771. The van der Waals surface area contributed by atoms with Gasteiger partial charge in [0.05, 0.1) is 19.9 Å². The van der Waals surface area contributed by atoms with Crippen molar-refractivity contribution in [3.63, 3.8) is 0 Å². The molecule has 3 aromatic carbocycles. The molecule has 26 heavy (non-hydrogen) atoms. The second-order valence-corrected chi connectivity index (χ2v) is 6.06. The fourth-order valence-electron chi connectivity index (χ4n) is 3.17. The van der Waals surface area contributed by atoms with E-state index in [1.807, 2.05) is 42.6 Å². The normalized spacial score (nSPS) is 10.7. The molecule has 1 aromatic heterocycles. The first kappa shape index (κ1) is 16.2. The summed E-state index contributed by atoms with van der Waals surface area (Å²) >= 11 is 0. The molecule has 0 atom stereocenters. The molecule has 0 saturated heterocycles. The third-order valence-electron chi connectivity index (χ3n) is 4.49. The van der Waals surface area contributed by atoms with Crippen molar-refractivity contribution in [3.05, 3.63) is 79.0 Å². The summed E-state index contributed by atoms with van der Waals surface area (Å²) in [6, 6.07) is 24.6. The van der Waals surface area contributed by atoms with Crippen molar-refractivity contribution in [2.24, 2.45) is 0 Å². The second-order valence-electron chi connectivity index (χ2n) is 6.06. The summed E-state index contributed by atoms with van der Waals surface area (Å²) in [6.07, 6.45) is 1.86. The number of ether oxygens (including phenoxy) is 2. The molecule has 1 heterocycles. The predicted octanol–water partition coefficient (Wildman–Crippen LogP) is 5.59. The molecule has 0 bridgehead atoms. The van der Waals surface area contributed by atoms with E-state index in [1.165, 1.54) is 5.39 Å². The van der Waals surface area contributed by atoms with Gasteiger partial charge >= 0.3 is 0 Å². The smallest absolute Gasteiger partial charge is 0.123 e. The maximum absolute atomic E-state index is 5.40. The average Bonchev–Trinajstić information content (AvgIpc) is 2.73. The van der Waals surface area contributed by atoms with E-state index in [1.54, 1.807) is 14.2 Å². The highest BCUT2D eigenvalue weighted by Crippen LogP contribution is 2.33. The summed E-state index contributed by atoms with van der Waals surface area (Å²) in [7, 11) is 3.32. The van der Waals surface area contributed by atoms with Gasteiger partial charge < -0.3 is 9.47 Å². The molecule has 0 aliphatic heterocycles. The third-order valence-corrected chi connectivity index (χ3v) is 4.49. The fraction of sp³-hybridized carbons (Fsp3) is 0.0870. The van der Waals surface area contributed by atoms with Crippen LogP contribution in [-0.4, -0.2) is 19.2 Å². The summed E-state index contributed by atoms with van der Waals surface area (Å²) in [5.74, 6) is 1.54. The Morgan fingerprint density at radius 3 is 2.15 bits per heavy atom. The zero-order valence-corrected chi connectivity index (χ0v) is 14.8. The first-order chi connectivity index (χ1) is 12.8. The summed E-state index contributed by atoms with van der Waals surface area (Å²) in [5, 5.41) is 2.33. The summed E-state index contributed by atoms with van der Waals surface area (Å²) < 4.78 is 10.8. The molecule has 0 radical (unpaired) electrons. The zero-order chi connectivity index (χ0) is 17.9. The van der Waals surface area contributed by atoms with Gasteiger partial charge in [-0.25, -0.2) is 0 Å². The van der Waals surface area contributed by atoms with Crippen molar-refractivity contribution >= 4 is 10.8 Å². The van der Waals surface area contributed by atoms with Gasteiger partial charge in [0.25, 0.3) is 0 Å². The van der Waals surface area contributed by atoms with Crippen LogP contribution in [0.5, 0.6) is 11.5 Å². The standard InChI is InChI=1S/C23H19NO2/c1-25-20-13-19(14-21(15-20)26-2)17-7-5-8-18(12-17)23-22-9-4-3-6-16(22)10-11-24-23/h3-15H,1-2H3. The Morgan fingerprint density at radius 1 is 0.654 bits per heavy atom. The number of hydrogen-bond acceptors (Lipinski definition) is 3. The van der Waals surface area contributed by atoms with Crippen molar-refractivity contribution in [1.29, 1.82) is 0 Å². The molecule has 0 amide bonds. The summed E-state index contributed by atoms with van der Waals surface area (Å²) in [5.41, 5.74) is 4.21. The highest BCUT2D eigenvalue weighted by Gasteiger charge is 2.08. The van der Waals surface area contributed by atoms with Gasteiger partial charge in [-0.15, -0.1) is 0 Å². The molecule has 4 aromatic rings. The molecular formula is C23H19NO2. The fourth-order valence-corrected chi connectivity index (χ4v) is 3.17. The largest absolute Gasteiger partial charge is 0.497 e. The molecule has 0 unspecified atom stereocenters. The Morgan fingerprint density at radius 2 is 1.38 bits per heavy atom. The maximum Gasteiger partial charge on any atom is 0.123 e. The Bertz CT molecular complexity index is 1040. The summed E-state index contributed by atoms with van der Waals surface area (Å²) in [6.45, 7) is 0. The van der Waals surface area contributed by atoms with Crippen LogP contribution in [0.15, 0.2) is 79.0 Å². The van der Waals surface area contributed by atoms with Crippen LogP contribution in [0, 0.1) is 0 Å². The number of benzene rings is 3. The molecule has 0 aliphatic carbocycles. The van der Waals surface area contributed by atoms with Crippen molar-refractivity contribution in [2.45, 2.75) is 0 Å². The van der Waals surface area contributed by atoms with E-state index in [2.05, 4.69) is 41.4 Å². The van der Waals surface area contributed by atoms with Gasteiger partial charge in [-0.2, -0.15) is 0 Å². The van der Waals surface area contributed by atoms with Crippen molar-refractivity contribution in [3.8, 4) is 33.9 Å². The number of aromatic nitrogens is 1. The summed E-state index contributed by atoms with van der Waals surface area (Å²) in [4.78, 5) is 4.63. The van der Waals surface area contributed by atoms with E-state index in [-0.39, 0.29) is 0 Å². The quantitative estimate of drug-likeness (QED) is 0.485. The van der Waals surface area contributed by atoms with Gasteiger partial charge in [-0.05, 0) is 40.8 Å². The minimum Gasteiger partial charge on any atom is -0.497 e. The number of pyridine rings is 1. The van der Waals surface area contributed by atoms with Crippen molar-refractivity contribution < 1.29 is 9.47 Å². The minimum absolute atomic E-state index is 0.771. The maximum atomic E-state index is 5.40. The predicted molar refractivity (Wildman–Crippen MR) is 106 cm³/mol. The second kappa shape index (κ2) is 6.89. The highest BCUT2D eigenvalue weighted by atomic mass is 16.5. The Kier molecular flexibility index (Phi) is 4.28. The Hall–Kier alpha value is -3.33. The van der Waals surface area contributed by atoms with Crippen LogP contribution in [0.3, 0.4) is 0 Å². The Balaban J connectivity index is 1.85. The third kappa shape index (κ3) is 3.00. The van der Waals surface area contributed by atoms with Crippen LogP contribution in [0.4, 0.5) is 0 Å². The van der Waals surface area contributed by atoms with E-state index in [9.17, 15) is 0 Å². The van der Waals surface area contributed by atoms with Gasteiger partial charge in [0.2, 0.25) is 0 Å². The molecule has 128 valence electrons. The van der Waals surface area contributed by atoms with Gasteiger partial charge in [0.1, 0.15) is 11.5 Å². The lowest BCUT2D eigenvalue weighted by atomic mass is 9.98. The van der Waals surface area contributed by atoms with Crippen molar-refractivity contribution in [2.75, 3.05) is 14.2 Å². The highest BCUT2D eigenvalue weighted by molar-refractivity contribution is 5.95. The molecule has 3 heteroatoms. The molecule has 0 fully saturated rings. The van der Waals surface area contributed by atoms with Gasteiger partial charge in [-0.1, -0.05) is 42.5 Å². The van der Waals surface area contributed by atoms with Crippen LogP contribution >= 0.6 is 0 Å². The number of rotatable bonds is 4. The molecule has 0 N–H and O–H groups in total. The van der Waals surface area contributed by atoms with Crippen LogP contribution in [0.1, 0.15) is 0 Å². The lowest BCUT2D eigenvalue weighted by Gasteiger charge is -2.11. The van der Waals surface area contributed by atoms with E-state index in [0.29, 0.717) is 0 Å². The first-order valence-corrected chi connectivity index (χ1v) is 8.46. The molecule has 4 rings (SSSR count). The van der Waals surface area contributed by atoms with E-state index in [0.717, 1.165) is 39.3 Å². The monoisotopic (exact) mass is 341 g/mol. The van der Waals surface area contributed by atoms with Gasteiger partial charge in [-0.3, -0.25) is 4.98 Å². The molecular weight excluding hydrogens is 322 g/mol. The topological polar surface area (TPSA) is 31.4 Å². The lowest BCUT2D eigenvalue weighted by Crippen LogP contribution is -1.90. The van der Waals surface area contributed by atoms with Crippen LogP contribution < -0.4 is 9.47 Å². The van der Waals surface area contributed by atoms with Gasteiger partial charge in [0.15, 0.2) is 0 Å². The van der Waals surface area contributed by atoms with Crippen molar-refractivity contribution in [1.82, 2.24) is 4.98 Å². The molecule has 0 saturated carbocycles. The molecule has 0 aliphatic rings. The molecule has 3 nitrogen and oxygen atoms in total. The number of methoxy groups -OCH3 is 2. The number of nitrogens with zero attached hydrogens (tertiary/aromatic N) is 1. The Labute approximate surface area is 152 Å². The van der Waals surface area contributed by atoms with Crippen LogP contribution in [0.25, 0.3) is 33.2 Å². The average molecular weight is 341 g/mol.